The molecule has 89 heavy (non-hydrogen) atoms. The average molecular weight is 1310 g/mol. The zero-order valence-corrected chi connectivity index (χ0v) is 59.8. The topological polar surface area (TPSA) is 237 Å². The number of carbonyl (C=O) groups is 4. The fraction of sp³-hybridized carbons (Fsp3) is 0.943. The fourth-order valence-electron chi connectivity index (χ4n) is 10.5. The van der Waals surface area contributed by atoms with Crippen molar-refractivity contribution in [2.24, 2.45) is 23.7 Å². The van der Waals surface area contributed by atoms with Gasteiger partial charge in [0.2, 0.25) is 0 Å². The highest BCUT2D eigenvalue weighted by atomic mass is 31.2. The molecule has 0 spiro atoms. The fourth-order valence-corrected chi connectivity index (χ4v) is 12.1. The van der Waals surface area contributed by atoms with Crippen molar-refractivity contribution in [3.8, 4) is 0 Å². The van der Waals surface area contributed by atoms with Crippen LogP contribution in [-0.4, -0.2) is 96.7 Å². The standard InChI is InChI=1S/C70H136O17P2/c1-60(2)46-38-30-22-18-14-10-9-11-16-20-24-34-42-50-67(72)80-56-66(87-70(75)53-45-37-29-27-33-41-49-63(7)8)59-85-89(78,79)83-55-64(71)54-82-88(76,77)84-58-65(57-81-68(73)51-43-35-28-26-32-40-48-62(5)6)86-69(74)52-44-36-25-21-17-13-12-15-19-23-31-39-47-61(3)4/h60-66,71H,9-59H2,1-8H3,(H,76,77)(H,78,79)/t64-,65+,66+/m0/s1. The summed E-state index contributed by atoms with van der Waals surface area (Å²) in [5, 5.41) is 10.6. The van der Waals surface area contributed by atoms with Gasteiger partial charge in [-0.2, -0.15) is 0 Å². The van der Waals surface area contributed by atoms with Crippen LogP contribution in [0.3, 0.4) is 0 Å². The first kappa shape index (κ1) is 87.1. The molecule has 0 aromatic carbocycles. The molecule has 3 N–H and O–H groups in total. The highest BCUT2D eigenvalue weighted by Crippen LogP contribution is 2.45. The zero-order chi connectivity index (χ0) is 66.1. The van der Waals surface area contributed by atoms with Crippen LogP contribution < -0.4 is 0 Å². The molecule has 0 amide bonds. The number of phosphoric acid groups is 2. The summed E-state index contributed by atoms with van der Waals surface area (Å²) in [5.41, 5.74) is 0. The minimum absolute atomic E-state index is 0.102. The number of unbranched alkanes of at least 4 members (excludes halogenated alkanes) is 33. The Labute approximate surface area is 543 Å². The summed E-state index contributed by atoms with van der Waals surface area (Å²) in [7, 11) is -9.90. The highest BCUT2D eigenvalue weighted by molar-refractivity contribution is 7.47. The first-order chi connectivity index (χ1) is 42.6. The van der Waals surface area contributed by atoms with Crippen molar-refractivity contribution in [1.82, 2.24) is 0 Å². The van der Waals surface area contributed by atoms with Gasteiger partial charge < -0.3 is 33.8 Å². The quantitative estimate of drug-likeness (QED) is 0.0222. The van der Waals surface area contributed by atoms with Crippen LogP contribution in [-0.2, 0) is 65.4 Å². The molecule has 5 atom stereocenters. The maximum absolute atomic E-state index is 13.0. The van der Waals surface area contributed by atoms with Crippen LogP contribution in [0, 0.1) is 23.7 Å². The number of rotatable bonds is 67. The summed E-state index contributed by atoms with van der Waals surface area (Å²) >= 11 is 0. The van der Waals surface area contributed by atoms with Crippen LogP contribution in [0.15, 0.2) is 0 Å². The molecule has 528 valence electrons. The zero-order valence-electron chi connectivity index (χ0n) is 58.1. The van der Waals surface area contributed by atoms with Gasteiger partial charge in [0, 0.05) is 25.7 Å². The third-order valence-electron chi connectivity index (χ3n) is 16.1. The third-order valence-corrected chi connectivity index (χ3v) is 18.0. The maximum Gasteiger partial charge on any atom is 0.472 e. The van der Waals surface area contributed by atoms with E-state index in [4.69, 9.17) is 37.0 Å². The lowest BCUT2D eigenvalue weighted by molar-refractivity contribution is -0.161. The summed E-state index contributed by atoms with van der Waals surface area (Å²) < 4.78 is 68.2. The molecule has 0 saturated carbocycles. The molecule has 0 heterocycles. The molecule has 0 radical (unpaired) electrons. The second-order valence-corrected chi connectivity index (χ2v) is 30.1. The minimum Gasteiger partial charge on any atom is -0.462 e. The van der Waals surface area contributed by atoms with E-state index in [2.05, 4.69) is 55.4 Å². The average Bonchev–Trinajstić information content (AvgIpc) is 3.50. The van der Waals surface area contributed by atoms with Gasteiger partial charge in [0.25, 0.3) is 0 Å². The highest BCUT2D eigenvalue weighted by Gasteiger charge is 2.30. The SMILES string of the molecule is CC(C)CCCCCCCCCCCCCCCC(=O)OC[C@H](COP(=O)(O)OC[C@@H](O)COP(=O)(O)OC[C@@H](COC(=O)CCCCCCCCC(C)C)OC(=O)CCCCCCCCCCCCCCC(C)C)OC(=O)CCCCCCCCC(C)C. The number of hydrogen-bond acceptors (Lipinski definition) is 15. The third kappa shape index (κ3) is 64.6. The van der Waals surface area contributed by atoms with E-state index in [9.17, 15) is 43.2 Å². The van der Waals surface area contributed by atoms with Crippen LogP contribution in [0.25, 0.3) is 0 Å². The molecule has 19 heteroatoms. The largest absolute Gasteiger partial charge is 0.472 e. The van der Waals surface area contributed by atoms with E-state index < -0.39 is 97.5 Å². The van der Waals surface area contributed by atoms with E-state index in [0.717, 1.165) is 108 Å². The number of carbonyl (C=O) groups excluding carboxylic acids is 4. The lowest BCUT2D eigenvalue weighted by Crippen LogP contribution is -2.30. The predicted octanol–water partition coefficient (Wildman–Crippen LogP) is 19.7. The molecule has 2 unspecified atom stereocenters. The molecule has 0 aliphatic heterocycles. The number of esters is 4. The number of hydrogen-bond donors (Lipinski definition) is 3. The molecular weight excluding hydrogens is 1170 g/mol. The Morgan fingerprint density at radius 1 is 0.281 bits per heavy atom. The van der Waals surface area contributed by atoms with Gasteiger partial charge >= 0.3 is 39.5 Å². The van der Waals surface area contributed by atoms with E-state index in [1.54, 1.807) is 0 Å². The van der Waals surface area contributed by atoms with Crippen molar-refractivity contribution in [2.45, 2.75) is 363 Å². The van der Waals surface area contributed by atoms with Crippen molar-refractivity contribution in [2.75, 3.05) is 39.6 Å². The molecule has 0 aromatic rings. The van der Waals surface area contributed by atoms with Crippen LogP contribution in [0.4, 0.5) is 0 Å². The summed E-state index contributed by atoms with van der Waals surface area (Å²) in [6.45, 7) is 14.0. The normalized spacial score (nSPS) is 14.3. The predicted molar refractivity (Wildman–Crippen MR) is 358 cm³/mol. The maximum atomic E-state index is 13.0. The van der Waals surface area contributed by atoms with Gasteiger partial charge in [-0.15, -0.1) is 0 Å². The van der Waals surface area contributed by atoms with Crippen LogP contribution >= 0.6 is 15.6 Å². The number of aliphatic hydroxyl groups excluding tert-OH is 1. The van der Waals surface area contributed by atoms with E-state index in [-0.39, 0.29) is 25.7 Å². The monoisotopic (exact) mass is 1310 g/mol. The van der Waals surface area contributed by atoms with Gasteiger partial charge in [0.15, 0.2) is 12.2 Å². The van der Waals surface area contributed by atoms with Crippen molar-refractivity contribution in [3.63, 3.8) is 0 Å². The smallest absolute Gasteiger partial charge is 0.462 e. The summed E-state index contributed by atoms with van der Waals surface area (Å²) in [6, 6.07) is 0. The van der Waals surface area contributed by atoms with Crippen LogP contribution in [0.2, 0.25) is 0 Å². The van der Waals surface area contributed by atoms with Crippen molar-refractivity contribution < 1.29 is 80.2 Å². The Balaban J connectivity index is 5.18. The summed E-state index contributed by atoms with van der Waals surface area (Å²) in [4.78, 5) is 72.4. The lowest BCUT2D eigenvalue weighted by Gasteiger charge is -2.21. The molecule has 0 aliphatic rings. The first-order valence-electron chi connectivity index (χ1n) is 36.2. The van der Waals surface area contributed by atoms with Crippen molar-refractivity contribution in [1.29, 1.82) is 0 Å². The number of ether oxygens (including phenoxy) is 4. The Morgan fingerprint density at radius 2 is 0.472 bits per heavy atom. The summed E-state index contributed by atoms with van der Waals surface area (Å²) in [6.07, 6.45) is 42.0. The molecule has 0 rings (SSSR count). The second-order valence-electron chi connectivity index (χ2n) is 27.2. The van der Waals surface area contributed by atoms with Crippen molar-refractivity contribution >= 4 is 39.5 Å². The Morgan fingerprint density at radius 3 is 0.697 bits per heavy atom. The van der Waals surface area contributed by atoms with E-state index in [1.165, 1.54) is 141 Å². The molecule has 0 aliphatic carbocycles. The van der Waals surface area contributed by atoms with Gasteiger partial charge in [-0.05, 0) is 49.4 Å². The summed E-state index contributed by atoms with van der Waals surface area (Å²) in [5.74, 6) is 0.782. The molecule has 17 nitrogen and oxygen atoms in total. The minimum atomic E-state index is -4.95. The van der Waals surface area contributed by atoms with Crippen LogP contribution in [0.5, 0.6) is 0 Å². The second kappa shape index (κ2) is 59.8. The molecule has 0 aromatic heterocycles. The van der Waals surface area contributed by atoms with Crippen molar-refractivity contribution in [3.05, 3.63) is 0 Å². The van der Waals surface area contributed by atoms with Gasteiger partial charge in [0.1, 0.15) is 19.3 Å². The molecule has 0 bridgehead atoms. The Bertz CT molecular complexity index is 1760. The van der Waals surface area contributed by atoms with Gasteiger partial charge in [0.05, 0.1) is 26.4 Å². The molecule has 0 saturated heterocycles. The van der Waals surface area contributed by atoms with E-state index >= 15 is 0 Å². The number of phosphoric ester groups is 2. The Hall–Kier alpha value is -1.94. The molecular formula is C70H136O17P2. The van der Waals surface area contributed by atoms with Crippen LogP contribution in [0.1, 0.15) is 344 Å². The van der Waals surface area contributed by atoms with E-state index in [0.29, 0.717) is 37.5 Å². The Kier molecular flexibility index (Phi) is 58.5. The van der Waals surface area contributed by atoms with Gasteiger partial charge in [-0.25, -0.2) is 9.13 Å². The lowest BCUT2D eigenvalue weighted by atomic mass is 10.0. The van der Waals surface area contributed by atoms with Gasteiger partial charge in [-0.1, -0.05) is 293 Å². The number of aliphatic hydroxyl groups is 1. The van der Waals surface area contributed by atoms with Gasteiger partial charge in [-0.3, -0.25) is 37.3 Å². The van der Waals surface area contributed by atoms with E-state index in [1.807, 2.05) is 0 Å². The molecule has 0 fully saturated rings. The first-order valence-corrected chi connectivity index (χ1v) is 39.2.